The Labute approximate surface area is 131 Å². The van der Waals surface area contributed by atoms with Crippen LogP contribution in [0.15, 0.2) is 30.3 Å². The van der Waals surface area contributed by atoms with Gasteiger partial charge in [-0.25, -0.2) is 4.79 Å². The fraction of sp³-hybridized carbons (Fsp3) is 0.267. The molecule has 0 saturated carbocycles. The summed E-state index contributed by atoms with van der Waals surface area (Å²) in [5.41, 5.74) is 6.17. The molecule has 2 aromatic rings. The summed E-state index contributed by atoms with van der Waals surface area (Å²) in [5, 5.41) is 11.2. The van der Waals surface area contributed by atoms with Gasteiger partial charge in [-0.1, -0.05) is 12.1 Å². The first-order valence-electron chi connectivity index (χ1n) is 6.55. The van der Waals surface area contributed by atoms with E-state index in [0.29, 0.717) is 15.4 Å². The zero-order valence-electron chi connectivity index (χ0n) is 12.5. The van der Waals surface area contributed by atoms with Gasteiger partial charge >= 0.3 is 5.97 Å². The Morgan fingerprint density at radius 1 is 1.32 bits per heavy atom. The molecule has 1 heterocycles. The number of nitrogen functional groups attached to an aromatic ring is 1. The van der Waals surface area contributed by atoms with Crippen LogP contribution < -0.4 is 5.73 Å². The Morgan fingerprint density at radius 3 is 2.59 bits per heavy atom. The zero-order valence-corrected chi connectivity index (χ0v) is 13.3. The van der Waals surface area contributed by atoms with Crippen LogP contribution in [0.2, 0.25) is 0 Å². The molecule has 2 rings (SSSR count). The third-order valence-corrected chi connectivity index (χ3v) is 3.73. The lowest BCUT2D eigenvalue weighted by molar-refractivity contribution is -0.384. The van der Waals surface area contributed by atoms with Crippen LogP contribution in [0.4, 0.5) is 10.7 Å². The van der Waals surface area contributed by atoms with Crippen LogP contribution in [0.5, 0.6) is 0 Å². The standard InChI is InChI=1S/C15H16N2O4S/c1-15(2,3)21-14(18)11-8-12(22-13(11)16)9-5-4-6-10(7-9)17(19)20/h4-8H,16H2,1-3H3. The van der Waals surface area contributed by atoms with Crippen molar-refractivity contribution in [3.8, 4) is 10.4 Å². The topological polar surface area (TPSA) is 95.5 Å². The van der Waals surface area contributed by atoms with E-state index in [-0.39, 0.29) is 11.3 Å². The molecule has 0 aliphatic carbocycles. The van der Waals surface area contributed by atoms with Gasteiger partial charge in [-0.05, 0) is 32.4 Å². The molecule has 0 aliphatic rings. The van der Waals surface area contributed by atoms with Crippen molar-refractivity contribution in [1.29, 1.82) is 0 Å². The van der Waals surface area contributed by atoms with Crippen molar-refractivity contribution in [2.24, 2.45) is 0 Å². The number of esters is 1. The number of anilines is 1. The quantitative estimate of drug-likeness (QED) is 0.526. The first-order valence-corrected chi connectivity index (χ1v) is 7.36. The zero-order chi connectivity index (χ0) is 16.5. The van der Waals surface area contributed by atoms with Gasteiger partial charge in [-0.15, -0.1) is 11.3 Å². The molecular formula is C15H16N2O4S. The molecule has 1 aromatic carbocycles. The molecule has 0 amide bonds. The molecule has 116 valence electrons. The first-order chi connectivity index (χ1) is 10.2. The van der Waals surface area contributed by atoms with E-state index < -0.39 is 16.5 Å². The van der Waals surface area contributed by atoms with Crippen LogP contribution in [-0.4, -0.2) is 16.5 Å². The number of thiophene rings is 1. The van der Waals surface area contributed by atoms with Crippen molar-refractivity contribution < 1.29 is 14.5 Å². The van der Waals surface area contributed by atoms with Gasteiger partial charge in [0.2, 0.25) is 0 Å². The van der Waals surface area contributed by atoms with Gasteiger partial charge in [0.25, 0.3) is 5.69 Å². The van der Waals surface area contributed by atoms with Crippen molar-refractivity contribution in [2.75, 3.05) is 5.73 Å². The third-order valence-electron chi connectivity index (χ3n) is 2.72. The van der Waals surface area contributed by atoms with E-state index in [9.17, 15) is 14.9 Å². The van der Waals surface area contributed by atoms with Gasteiger partial charge in [0.1, 0.15) is 10.6 Å². The number of carbonyl (C=O) groups excluding carboxylic acids is 1. The number of rotatable bonds is 3. The normalized spacial score (nSPS) is 11.2. The molecule has 0 radical (unpaired) electrons. The molecule has 0 saturated heterocycles. The number of nitrogens with zero attached hydrogens (tertiary/aromatic N) is 1. The predicted molar refractivity (Wildman–Crippen MR) is 86.0 cm³/mol. The maximum atomic E-state index is 12.1. The van der Waals surface area contributed by atoms with Gasteiger partial charge in [-0.2, -0.15) is 0 Å². The summed E-state index contributed by atoms with van der Waals surface area (Å²) in [6.07, 6.45) is 0. The van der Waals surface area contributed by atoms with Crippen molar-refractivity contribution in [1.82, 2.24) is 0 Å². The highest BCUT2D eigenvalue weighted by atomic mass is 32.1. The SMILES string of the molecule is CC(C)(C)OC(=O)c1cc(-c2cccc([N+](=O)[O-])c2)sc1N. The van der Waals surface area contributed by atoms with E-state index in [4.69, 9.17) is 10.5 Å². The molecule has 22 heavy (non-hydrogen) atoms. The summed E-state index contributed by atoms with van der Waals surface area (Å²) in [7, 11) is 0. The Morgan fingerprint density at radius 2 is 2.00 bits per heavy atom. The van der Waals surface area contributed by atoms with E-state index in [1.54, 1.807) is 39.0 Å². The minimum atomic E-state index is -0.614. The number of benzene rings is 1. The number of ether oxygens (including phenoxy) is 1. The molecule has 0 spiro atoms. The number of carbonyl (C=O) groups is 1. The third kappa shape index (κ3) is 3.62. The molecule has 0 bridgehead atoms. The molecule has 7 heteroatoms. The first kappa shape index (κ1) is 16.0. The van der Waals surface area contributed by atoms with Gasteiger partial charge in [0, 0.05) is 17.0 Å². The molecular weight excluding hydrogens is 304 g/mol. The highest BCUT2D eigenvalue weighted by Gasteiger charge is 2.22. The molecule has 0 fully saturated rings. The fourth-order valence-corrected chi connectivity index (χ4v) is 2.72. The molecule has 0 unspecified atom stereocenters. The fourth-order valence-electron chi connectivity index (χ4n) is 1.81. The molecule has 1 aromatic heterocycles. The van der Waals surface area contributed by atoms with Gasteiger partial charge in [0.05, 0.1) is 10.5 Å². The maximum absolute atomic E-state index is 12.1. The molecule has 6 nitrogen and oxygen atoms in total. The largest absolute Gasteiger partial charge is 0.456 e. The van der Waals surface area contributed by atoms with E-state index in [2.05, 4.69) is 0 Å². The molecule has 0 aliphatic heterocycles. The van der Waals surface area contributed by atoms with E-state index in [0.717, 1.165) is 0 Å². The van der Waals surface area contributed by atoms with E-state index in [1.165, 1.54) is 23.5 Å². The Bertz CT molecular complexity index is 731. The average Bonchev–Trinajstić information content (AvgIpc) is 2.79. The second-order valence-corrected chi connectivity index (χ2v) is 6.78. The Hall–Kier alpha value is -2.41. The van der Waals surface area contributed by atoms with Crippen molar-refractivity contribution in [3.63, 3.8) is 0 Å². The van der Waals surface area contributed by atoms with Crippen molar-refractivity contribution in [3.05, 3.63) is 46.0 Å². The lowest BCUT2D eigenvalue weighted by Crippen LogP contribution is -2.24. The van der Waals surface area contributed by atoms with Gasteiger partial charge in [0.15, 0.2) is 0 Å². The lowest BCUT2D eigenvalue weighted by Gasteiger charge is -2.19. The van der Waals surface area contributed by atoms with Crippen LogP contribution in [0.1, 0.15) is 31.1 Å². The number of hydrogen-bond donors (Lipinski definition) is 1. The molecule has 2 N–H and O–H groups in total. The number of non-ortho nitro benzene ring substituents is 1. The maximum Gasteiger partial charge on any atom is 0.341 e. The van der Waals surface area contributed by atoms with Crippen LogP contribution in [-0.2, 0) is 4.74 Å². The van der Waals surface area contributed by atoms with E-state index in [1.807, 2.05) is 0 Å². The predicted octanol–water partition coefficient (Wildman–Crippen LogP) is 3.86. The second-order valence-electron chi connectivity index (χ2n) is 5.70. The minimum absolute atomic E-state index is 0.0108. The van der Waals surface area contributed by atoms with Crippen LogP contribution in [0, 0.1) is 10.1 Å². The van der Waals surface area contributed by atoms with Crippen LogP contribution in [0.25, 0.3) is 10.4 Å². The van der Waals surface area contributed by atoms with Crippen LogP contribution in [0.3, 0.4) is 0 Å². The summed E-state index contributed by atoms with van der Waals surface area (Å²) in [4.78, 5) is 23.1. The highest BCUT2D eigenvalue weighted by molar-refractivity contribution is 7.19. The Kier molecular flexibility index (Phi) is 4.18. The average molecular weight is 320 g/mol. The monoisotopic (exact) mass is 320 g/mol. The number of nitro benzene ring substituents is 1. The summed E-state index contributed by atoms with van der Waals surface area (Å²) in [6.45, 7) is 5.32. The lowest BCUT2D eigenvalue weighted by atomic mass is 10.1. The second kappa shape index (κ2) is 5.76. The van der Waals surface area contributed by atoms with Gasteiger partial charge < -0.3 is 10.5 Å². The highest BCUT2D eigenvalue weighted by Crippen LogP contribution is 2.35. The molecule has 0 atom stereocenters. The Balaban J connectivity index is 2.36. The number of hydrogen-bond acceptors (Lipinski definition) is 6. The van der Waals surface area contributed by atoms with Crippen molar-refractivity contribution >= 4 is 28.0 Å². The van der Waals surface area contributed by atoms with E-state index >= 15 is 0 Å². The summed E-state index contributed by atoms with van der Waals surface area (Å²) in [6, 6.07) is 7.79. The smallest absolute Gasteiger partial charge is 0.341 e. The van der Waals surface area contributed by atoms with Gasteiger partial charge in [-0.3, -0.25) is 10.1 Å². The van der Waals surface area contributed by atoms with Crippen LogP contribution >= 0.6 is 11.3 Å². The summed E-state index contributed by atoms with van der Waals surface area (Å²) >= 11 is 1.20. The summed E-state index contributed by atoms with van der Waals surface area (Å²) < 4.78 is 5.30. The number of nitrogens with two attached hydrogens (primary N) is 1. The number of nitro groups is 1. The van der Waals surface area contributed by atoms with Crippen molar-refractivity contribution in [2.45, 2.75) is 26.4 Å². The minimum Gasteiger partial charge on any atom is -0.456 e. The summed E-state index contributed by atoms with van der Waals surface area (Å²) in [5.74, 6) is -0.502.